The molecule has 5 rings (SSSR count). The quantitative estimate of drug-likeness (QED) is 0.403. The van der Waals surface area contributed by atoms with Gasteiger partial charge in [-0.25, -0.2) is 5.10 Å². The van der Waals surface area contributed by atoms with Crippen molar-refractivity contribution in [3.05, 3.63) is 63.9 Å². The van der Waals surface area contributed by atoms with Crippen LogP contribution in [0.25, 0.3) is 11.3 Å². The number of methoxy groups -OCH3 is 2. The van der Waals surface area contributed by atoms with Crippen LogP contribution in [-0.4, -0.2) is 51.2 Å². The first-order chi connectivity index (χ1) is 16.1. The molecule has 11 heteroatoms. The zero-order valence-corrected chi connectivity index (χ0v) is 18.2. The Labute approximate surface area is 188 Å². The molecule has 0 aliphatic carbocycles. The Bertz CT molecular complexity index is 1360. The normalized spacial score (nSPS) is 14.1. The number of nitrogens with one attached hydrogen (secondary N) is 2. The number of hydrogen-bond donors (Lipinski definition) is 2. The molecule has 2 aromatic carbocycles. The van der Waals surface area contributed by atoms with Crippen LogP contribution in [0.2, 0.25) is 0 Å². The highest BCUT2D eigenvalue weighted by Gasteiger charge is 2.34. The molecule has 2 N–H and O–H groups in total. The second kappa shape index (κ2) is 8.26. The predicted molar refractivity (Wildman–Crippen MR) is 119 cm³/mol. The Hall–Kier alpha value is -4.41. The second-order valence-electron chi connectivity index (χ2n) is 7.24. The molecule has 3 heterocycles. The van der Waals surface area contributed by atoms with Gasteiger partial charge < -0.3 is 19.5 Å². The van der Waals surface area contributed by atoms with Gasteiger partial charge in [-0.1, -0.05) is 17.2 Å². The van der Waals surface area contributed by atoms with Crippen LogP contribution in [0.4, 0.5) is 11.6 Å². The Morgan fingerprint density at radius 1 is 1.06 bits per heavy atom. The summed E-state index contributed by atoms with van der Waals surface area (Å²) in [5, 5.41) is 22.0. The van der Waals surface area contributed by atoms with E-state index in [1.165, 1.54) is 0 Å². The lowest BCUT2D eigenvalue weighted by atomic mass is 9.92. The molecule has 0 fully saturated rings. The molecule has 1 aliphatic heterocycles. The predicted octanol–water partition coefficient (Wildman–Crippen LogP) is 2.53. The summed E-state index contributed by atoms with van der Waals surface area (Å²) in [5.74, 6) is 2.23. The Kier molecular flexibility index (Phi) is 5.13. The molecule has 0 unspecified atom stereocenters. The number of aromatic amines is 1. The van der Waals surface area contributed by atoms with Gasteiger partial charge in [-0.05, 0) is 53.2 Å². The number of nitrogens with zero attached hydrogens (tertiary/aromatic N) is 5. The van der Waals surface area contributed by atoms with Gasteiger partial charge in [0.15, 0.2) is 11.5 Å². The van der Waals surface area contributed by atoms with E-state index in [2.05, 4.69) is 31.0 Å². The molecule has 0 radical (unpaired) electrons. The second-order valence-corrected chi connectivity index (χ2v) is 7.24. The zero-order chi connectivity index (χ0) is 22.9. The molecule has 0 amide bonds. The van der Waals surface area contributed by atoms with Gasteiger partial charge in [0.1, 0.15) is 17.5 Å². The standard InChI is InChI=1S/C22H21N7O4/c1-4-33-14-8-5-12(6-9-14)20-17-18(13-7-10-15(31-2)16(11-13)32-3)24-25-21(30)19(17)23-22-26-27-28-29(20)22/h5-11,20H,4H2,1-3H3,(H,25,30)(H,23,26,28)/t20-/m0/s1. The summed E-state index contributed by atoms with van der Waals surface area (Å²) in [5.41, 5.74) is 2.74. The van der Waals surface area contributed by atoms with Gasteiger partial charge in [-0.2, -0.15) is 9.78 Å². The molecule has 0 bridgehead atoms. The minimum absolute atomic E-state index is 0.330. The number of tetrazole rings is 1. The highest BCUT2D eigenvalue weighted by molar-refractivity contribution is 5.76. The van der Waals surface area contributed by atoms with Crippen LogP contribution in [-0.2, 0) is 0 Å². The minimum atomic E-state index is -0.500. The Balaban J connectivity index is 1.73. The van der Waals surface area contributed by atoms with Crippen LogP contribution < -0.4 is 25.1 Å². The monoisotopic (exact) mass is 447 g/mol. The average molecular weight is 447 g/mol. The fourth-order valence-corrected chi connectivity index (χ4v) is 3.96. The highest BCUT2D eigenvalue weighted by Crippen LogP contribution is 2.42. The summed E-state index contributed by atoms with van der Waals surface area (Å²) in [7, 11) is 3.14. The average Bonchev–Trinajstić information content (AvgIpc) is 3.32. The van der Waals surface area contributed by atoms with Crippen molar-refractivity contribution >= 4 is 11.6 Å². The van der Waals surface area contributed by atoms with Crippen molar-refractivity contribution < 1.29 is 14.2 Å². The van der Waals surface area contributed by atoms with Crippen LogP contribution in [0, 0.1) is 0 Å². The topological polar surface area (TPSA) is 129 Å². The summed E-state index contributed by atoms with van der Waals surface area (Å²) >= 11 is 0. The Morgan fingerprint density at radius 3 is 2.58 bits per heavy atom. The van der Waals surface area contributed by atoms with Crippen LogP contribution in [0.5, 0.6) is 17.2 Å². The number of rotatable bonds is 6. The van der Waals surface area contributed by atoms with Gasteiger partial charge in [-0.15, -0.1) is 0 Å². The number of ether oxygens (including phenoxy) is 3. The fraction of sp³-hybridized carbons (Fsp3) is 0.227. The number of benzene rings is 2. The molecule has 0 saturated carbocycles. The van der Waals surface area contributed by atoms with E-state index in [1.54, 1.807) is 25.0 Å². The van der Waals surface area contributed by atoms with Gasteiger partial charge >= 0.3 is 0 Å². The van der Waals surface area contributed by atoms with E-state index in [0.717, 1.165) is 16.9 Å². The first-order valence-electron chi connectivity index (χ1n) is 10.3. The van der Waals surface area contributed by atoms with Gasteiger partial charge in [-0.3, -0.25) is 4.79 Å². The van der Waals surface area contributed by atoms with Crippen LogP contribution in [0.1, 0.15) is 24.1 Å². The third kappa shape index (κ3) is 3.43. The van der Waals surface area contributed by atoms with Crippen LogP contribution in [0.3, 0.4) is 0 Å². The number of fused-ring (bicyclic) bond motifs is 2. The number of anilines is 2. The van der Waals surface area contributed by atoms with E-state index in [4.69, 9.17) is 14.2 Å². The molecule has 11 nitrogen and oxygen atoms in total. The molecule has 33 heavy (non-hydrogen) atoms. The maximum absolute atomic E-state index is 12.8. The minimum Gasteiger partial charge on any atom is -0.494 e. The maximum atomic E-state index is 12.8. The van der Waals surface area contributed by atoms with E-state index in [0.29, 0.717) is 41.0 Å². The van der Waals surface area contributed by atoms with Crippen molar-refractivity contribution in [1.29, 1.82) is 0 Å². The molecule has 1 aliphatic rings. The van der Waals surface area contributed by atoms with Crippen LogP contribution in [0.15, 0.2) is 47.3 Å². The zero-order valence-electron chi connectivity index (χ0n) is 18.2. The van der Waals surface area contributed by atoms with E-state index in [-0.39, 0.29) is 5.56 Å². The van der Waals surface area contributed by atoms with Gasteiger partial charge in [0.05, 0.1) is 26.5 Å². The molecule has 168 valence electrons. The molecular weight excluding hydrogens is 426 g/mol. The summed E-state index contributed by atoms with van der Waals surface area (Å²) in [4.78, 5) is 12.8. The molecule has 4 aromatic rings. The molecule has 2 aromatic heterocycles. The third-order valence-electron chi connectivity index (χ3n) is 5.43. The van der Waals surface area contributed by atoms with Gasteiger partial charge in [0, 0.05) is 11.1 Å². The Morgan fingerprint density at radius 2 is 1.85 bits per heavy atom. The van der Waals surface area contributed by atoms with E-state index in [9.17, 15) is 4.79 Å². The number of aromatic nitrogens is 6. The molecular formula is C22H21N7O4. The van der Waals surface area contributed by atoms with E-state index >= 15 is 0 Å². The highest BCUT2D eigenvalue weighted by atomic mass is 16.5. The molecule has 0 spiro atoms. The first-order valence-corrected chi connectivity index (χ1v) is 10.3. The summed E-state index contributed by atoms with van der Waals surface area (Å²) in [6.07, 6.45) is 0. The van der Waals surface area contributed by atoms with Crippen molar-refractivity contribution in [2.75, 3.05) is 26.1 Å². The van der Waals surface area contributed by atoms with Crippen molar-refractivity contribution in [3.63, 3.8) is 0 Å². The fourth-order valence-electron chi connectivity index (χ4n) is 3.96. The first kappa shape index (κ1) is 20.5. The smallest absolute Gasteiger partial charge is 0.288 e. The lowest BCUT2D eigenvalue weighted by Gasteiger charge is -2.28. The van der Waals surface area contributed by atoms with Crippen molar-refractivity contribution in [2.24, 2.45) is 0 Å². The number of H-pyrrole nitrogens is 1. The molecule has 0 saturated heterocycles. The van der Waals surface area contributed by atoms with Crippen molar-refractivity contribution in [1.82, 2.24) is 30.4 Å². The summed E-state index contributed by atoms with van der Waals surface area (Å²) in [6.45, 7) is 2.49. The van der Waals surface area contributed by atoms with E-state index in [1.807, 2.05) is 43.3 Å². The summed E-state index contributed by atoms with van der Waals surface area (Å²) in [6, 6.07) is 12.6. The number of hydrogen-bond acceptors (Lipinski definition) is 9. The van der Waals surface area contributed by atoms with Crippen molar-refractivity contribution in [2.45, 2.75) is 13.0 Å². The lowest BCUT2D eigenvalue weighted by molar-refractivity contribution is 0.340. The van der Waals surface area contributed by atoms with Crippen LogP contribution >= 0.6 is 0 Å². The largest absolute Gasteiger partial charge is 0.494 e. The van der Waals surface area contributed by atoms with Gasteiger partial charge in [0.2, 0.25) is 5.95 Å². The summed E-state index contributed by atoms with van der Waals surface area (Å²) < 4.78 is 18.0. The third-order valence-corrected chi connectivity index (χ3v) is 5.43. The maximum Gasteiger partial charge on any atom is 0.288 e. The van der Waals surface area contributed by atoms with E-state index < -0.39 is 6.04 Å². The molecule has 1 atom stereocenters. The lowest BCUT2D eigenvalue weighted by Crippen LogP contribution is -2.29. The van der Waals surface area contributed by atoms with Crippen molar-refractivity contribution in [3.8, 4) is 28.5 Å². The van der Waals surface area contributed by atoms with Gasteiger partial charge in [0.25, 0.3) is 5.56 Å². The SMILES string of the molecule is CCOc1ccc([C@H]2c3c(-c4ccc(OC)c(OC)c4)n[nH]c(=O)c3Nc3nnnn32)cc1.